The number of hydrogen-bond acceptors (Lipinski definition) is 7. The molecule has 1 atom stereocenters. The summed E-state index contributed by atoms with van der Waals surface area (Å²) in [5, 5.41) is 6.02. The third-order valence-corrected chi connectivity index (χ3v) is 8.42. The summed E-state index contributed by atoms with van der Waals surface area (Å²) in [5.74, 6) is -4.56. The van der Waals surface area contributed by atoms with Crippen LogP contribution in [0.1, 0.15) is 76.5 Å². The van der Waals surface area contributed by atoms with E-state index in [0.717, 1.165) is 42.2 Å². The van der Waals surface area contributed by atoms with Gasteiger partial charge in [-0.1, -0.05) is 0 Å². The molecule has 2 saturated carbocycles. The molecule has 3 fully saturated rings. The topological polar surface area (TPSA) is 115 Å². The van der Waals surface area contributed by atoms with Crippen molar-refractivity contribution in [2.24, 2.45) is 0 Å². The van der Waals surface area contributed by atoms with E-state index in [2.05, 4.69) is 20.4 Å². The van der Waals surface area contributed by atoms with Crippen LogP contribution in [-0.2, 0) is 11.3 Å². The highest BCUT2D eigenvalue weighted by Gasteiger charge is 2.47. The van der Waals surface area contributed by atoms with Crippen molar-refractivity contribution < 1.29 is 36.6 Å². The summed E-state index contributed by atoms with van der Waals surface area (Å²) >= 11 is 0. The number of nitrogens with one attached hydrogen (secondary N) is 2. The zero-order valence-electron chi connectivity index (χ0n) is 25.9. The summed E-state index contributed by atoms with van der Waals surface area (Å²) < 4.78 is 64.7. The SMILES string of the molecule is CO[C@@H](C)CNCc1cc(C(=O)Nc2cc(-c3ccc(OC(F)F)cc3C(=O)N3CC(F)(F)C3)cc(C3CC3)n2)c(=O)n(C2CC2)c1. The molecule has 3 heterocycles. The normalized spacial score (nSPS) is 17.7. The summed E-state index contributed by atoms with van der Waals surface area (Å²) in [6, 6.07) is 8.56. The molecule has 2 aromatic heterocycles. The van der Waals surface area contributed by atoms with E-state index in [-0.39, 0.29) is 46.3 Å². The van der Waals surface area contributed by atoms with E-state index in [4.69, 9.17) is 4.74 Å². The largest absolute Gasteiger partial charge is 0.435 e. The Labute approximate surface area is 268 Å². The van der Waals surface area contributed by atoms with Crippen LogP contribution in [0.5, 0.6) is 5.75 Å². The van der Waals surface area contributed by atoms with Gasteiger partial charge in [0.05, 0.1) is 24.8 Å². The van der Waals surface area contributed by atoms with E-state index in [0.29, 0.717) is 24.3 Å². The minimum atomic E-state index is -3.16. The molecule has 2 N–H and O–H groups in total. The molecule has 0 spiro atoms. The lowest BCUT2D eigenvalue weighted by Crippen LogP contribution is -2.58. The molecule has 2 aliphatic carbocycles. The molecule has 3 aliphatic rings. The molecule has 250 valence electrons. The predicted molar refractivity (Wildman–Crippen MR) is 164 cm³/mol. The predicted octanol–water partition coefficient (Wildman–Crippen LogP) is 5.19. The number of alkyl halides is 4. The van der Waals surface area contributed by atoms with E-state index in [1.807, 2.05) is 6.92 Å². The second-order valence-electron chi connectivity index (χ2n) is 12.4. The van der Waals surface area contributed by atoms with Crippen molar-refractivity contribution >= 4 is 17.6 Å². The van der Waals surface area contributed by atoms with Crippen molar-refractivity contribution in [3.8, 4) is 16.9 Å². The maximum absolute atomic E-state index is 13.7. The summed E-state index contributed by atoms with van der Waals surface area (Å²) in [5.41, 5.74) is 1.46. The van der Waals surface area contributed by atoms with Gasteiger partial charge in [0.1, 0.15) is 17.1 Å². The number of benzene rings is 1. The van der Waals surface area contributed by atoms with Crippen molar-refractivity contribution in [2.45, 2.75) is 69.7 Å². The van der Waals surface area contributed by atoms with Crippen molar-refractivity contribution in [3.05, 3.63) is 75.3 Å². The lowest BCUT2D eigenvalue weighted by molar-refractivity contribution is -0.113. The van der Waals surface area contributed by atoms with E-state index < -0.39 is 43.0 Å². The summed E-state index contributed by atoms with van der Waals surface area (Å²) in [7, 11) is 1.61. The Morgan fingerprint density at radius 3 is 2.45 bits per heavy atom. The highest BCUT2D eigenvalue weighted by molar-refractivity contribution is 6.05. The fourth-order valence-corrected chi connectivity index (χ4v) is 5.54. The molecule has 1 saturated heterocycles. The van der Waals surface area contributed by atoms with Gasteiger partial charge < -0.3 is 29.6 Å². The first-order chi connectivity index (χ1) is 22.4. The van der Waals surface area contributed by atoms with E-state index >= 15 is 0 Å². The highest BCUT2D eigenvalue weighted by atomic mass is 19.3. The van der Waals surface area contributed by atoms with Crippen LogP contribution in [0.15, 0.2) is 47.4 Å². The van der Waals surface area contributed by atoms with Crippen molar-refractivity contribution in [1.29, 1.82) is 0 Å². The zero-order chi connectivity index (χ0) is 33.5. The van der Waals surface area contributed by atoms with Crippen molar-refractivity contribution in [2.75, 3.05) is 32.1 Å². The molecule has 0 bridgehead atoms. The number of aromatic nitrogens is 2. The number of likely N-dealkylation sites (tertiary alicyclic amines) is 1. The highest BCUT2D eigenvalue weighted by Crippen LogP contribution is 2.42. The molecular weight excluding hydrogens is 622 g/mol. The molecule has 1 aliphatic heterocycles. The van der Waals surface area contributed by atoms with Crippen LogP contribution in [0.25, 0.3) is 11.1 Å². The van der Waals surface area contributed by atoms with Gasteiger partial charge in [-0.2, -0.15) is 8.78 Å². The number of hydrogen-bond donors (Lipinski definition) is 2. The molecule has 2 amide bonds. The Kier molecular flexibility index (Phi) is 9.07. The molecule has 47 heavy (non-hydrogen) atoms. The Bertz CT molecular complexity index is 1730. The fraction of sp³-hybridized carbons (Fsp3) is 0.455. The summed E-state index contributed by atoms with van der Waals surface area (Å²) in [6.07, 6.45) is 5.11. The van der Waals surface area contributed by atoms with Crippen LogP contribution in [-0.4, -0.2) is 71.6 Å². The van der Waals surface area contributed by atoms with Gasteiger partial charge in [-0.05, 0) is 85.7 Å². The Balaban J connectivity index is 1.33. The number of amides is 2. The molecule has 6 rings (SSSR count). The van der Waals surface area contributed by atoms with Gasteiger partial charge in [0.25, 0.3) is 23.3 Å². The van der Waals surface area contributed by atoms with Gasteiger partial charge in [-0.25, -0.2) is 13.8 Å². The monoisotopic (exact) mass is 657 g/mol. The first kappa shape index (κ1) is 32.6. The maximum atomic E-state index is 13.7. The first-order valence-electron chi connectivity index (χ1n) is 15.5. The van der Waals surface area contributed by atoms with E-state index in [1.54, 1.807) is 30.0 Å². The third-order valence-electron chi connectivity index (χ3n) is 8.42. The number of halogens is 4. The zero-order valence-corrected chi connectivity index (χ0v) is 25.9. The quantitative estimate of drug-likeness (QED) is 0.243. The number of methoxy groups -OCH3 is 1. The minimum Gasteiger partial charge on any atom is -0.435 e. The Morgan fingerprint density at radius 1 is 1.06 bits per heavy atom. The van der Waals surface area contributed by atoms with Crippen LogP contribution in [0, 0.1) is 0 Å². The summed E-state index contributed by atoms with van der Waals surface area (Å²) in [4.78, 5) is 45.9. The van der Waals surface area contributed by atoms with Crippen molar-refractivity contribution in [3.63, 3.8) is 0 Å². The lowest BCUT2D eigenvalue weighted by Gasteiger charge is -2.39. The van der Waals surface area contributed by atoms with Crippen LogP contribution in [0.2, 0.25) is 0 Å². The van der Waals surface area contributed by atoms with Crippen LogP contribution >= 0.6 is 0 Å². The van der Waals surface area contributed by atoms with E-state index in [9.17, 15) is 31.9 Å². The number of ether oxygens (including phenoxy) is 2. The van der Waals surface area contributed by atoms with Gasteiger partial charge in [0.15, 0.2) is 0 Å². The average Bonchev–Trinajstić information content (AvgIpc) is 3.93. The number of anilines is 1. The number of carbonyl (C=O) groups excluding carboxylic acids is 2. The molecule has 0 radical (unpaired) electrons. The van der Waals surface area contributed by atoms with Crippen LogP contribution in [0.3, 0.4) is 0 Å². The smallest absolute Gasteiger partial charge is 0.387 e. The Morgan fingerprint density at radius 2 is 1.81 bits per heavy atom. The van der Waals surface area contributed by atoms with E-state index in [1.165, 1.54) is 18.2 Å². The van der Waals surface area contributed by atoms with Gasteiger partial charge in [0, 0.05) is 44.0 Å². The number of pyridine rings is 2. The molecular formula is C33H35F4N5O5. The molecule has 14 heteroatoms. The van der Waals surface area contributed by atoms with Crippen LogP contribution < -0.4 is 20.9 Å². The minimum absolute atomic E-state index is 0.0224. The van der Waals surface area contributed by atoms with Gasteiger partial charge >= 0.3 is 6.61 Å². The molecule has 1 aromatic carbocycles. The number of carbonyl (C=O) groups is 2. The first-order valence-corrected chi connectivity index (χ1v) is 15.5. The van der Waals surface area contributed by atoms with Gasteiger partial charge in [0.2, 0.25) is 0 Å². The number of rotatable bonds is 13. The average molecular weight is 658 g/mol. The Hall–Kier alpha value is -4.30. The fourth-order valence-electron chi connectivity index (χ4n) is 5.54. The van der Waals surface area contributed by atoms with Crippen LogP contribution in [0.4, 0.5) is 23.4 Å². The third kappa shape index (κ3) is 7.65. The van der Waals surface area contributed by atoms with Gasteiger partial charge in [-0.3, -0.25) is 14.4 Å². The maximum Gasteiger partial charge on any atom is 0.387 e. The molecule has 0 unspecified atom stereocenters. The summed E-state index contributed by atoms with van der Waals surface area (Å²) in [6.45, 7) is -1.85. The molecule has 3 aromatic rings. The number of nitrogens with zero attached hydrogens (tertiary/aromatic N) is 3. The van der Waals surface area contributed by atoms with Crippen molar-refractivity contribution in [1.82, 2.24) is 19.8 Å². The lowest BCUT2D eigenvalue weighted by atomic mass is 9.96. The van der Waals surface area contributed by atoms with Gasteiger partial charge in [-0.15, -0.1) is 0 Å². The standard InChI is InChI=1S/C33H35F4N5O5/c1-18(46-2)13-38-14-19-9-26(31(45)42(15-19)22-5-6-22)29(43)40-28-11-21(10-27(39-28)20-3-4-20)24-8-7-23(47-32(34)35)12-25(24)30(44)41-16-33(36,37)17-41/h7-12,15,18,20,22,32,38H,3-6,13-14,16-17H2,1-2H3,(H,39,40,43)/t18-/m0/s1. The second kappa shape index (κ2) is 13.1. The second-order valence-corrected chi connectivity index (χ2v) is 12.4. The molecule has 10 nitrogen and oxygen atoms in total.